The molecule has 0 aromatic heterocycles. The first-order chi connectivity index (χ1) is 23.4. The van der Waals surface area contributed by atoms with E-state index in [9.17, 15) is 40.2 Å². The highest BCUT2D eigenvalue weighted by molar-refractivity contribution is 5.91. The average Bonchev–Trinajstić information content (AvgIpc) is 3.05. The molecule has 0 aliphatic carbocycles. The van der Waals surface area contributed by atoms with Gasteiger partial charge in [-0.2, -0.15) is 0 Å². The van der Waals surface area contributed by atoms with E-state index in [0.29, 0.717) is 18.4 Å². The quantitative estimate of drug-likeness (QED) is 0.201. The van der Waals surface area contributed by atoms with E-state index in [0.717, 1.165) is 0 Å². The van der Waals surface area contributed by atoms with Crippen LogP contribution in [-0.4, -0.2) is 148 Å². The lowest BCUT2D eigenvalue weighted by Gasteiger charge is -2.46. The van der Waals surface area contributed by atoms with Crippen LogP contribution in [0.15, 0.2) is 23.8 Å². The number of hydrogen-bond donors (Lipinski definition) is 6. The monoisotopic (exact) mass is 715 g/mol. The van der Waals surface area contributed by atoms with Crippen LogP contribution in [0.3, 0.4) is 0 Å². The normalized spacial score (nSPS) is 44.6. The number of aliphatic hydroxyl groups is 6. The zero-order valence-electron chi connectivity index (χ0n) is 30.9. The fourth-order valence-electron chi connectivity index (χ4n) is 7.13. The van der Waals surface area contributed by atoms with Crippen LogP contribution in [0.4, 0.5) is 0 Å². The minimum absolute atomic E-state index is 0.101. The molecule has 0 aromatic carbocycles. The molecule has 3 rings (SSSR count). The summed E-state index contributed by atoms with van der Waals surface area (Å²) in [6.07, 6.45) is -7.79. The van der Waals surface area contributed by atoms with E-state index in [-0.39, 0.29) is 24.7 Å². The summed E-state index contributed by atoms with van der Waals surface area (Å²) in [4.78, 5) is 28.4. The number of allylic oxidation sites excluding steroid dienone is 3. The summed E-state index contributed by atoms with van der Waals surface area (Å²) in [6, 6.07) is -0.682. The van der Waals surface area contributed by atoms with Crippen molar-refractivity contribution in [2.75, 3.05) is 20.7 Å². The fraction of sp³-hybridized carbons (Fsp3) is 0.833. The van der Waals surface area contributed by atoms with Gasteiger partial charge in [-0.25, -0.2) is 0 Å². The minimum atomic E-state index is -1.52. The van der Waals surface area contributed by atoms with Crippen LogP contribution in [-0.2, 0) is 33.3 Å². The number of ether oxygens (including phenoxy) is 5. The Labute approximate surface area is 296 Å². The van der Waals surface area contributed by atoms with Crippen LogP contribution in [0.5, 0.6) is 0 Å². The second kappa shape index (κ2) is 18.8. The van der Waals surface area contributed by atoms with Gasteiger partial charge in [-0.3, -0.25) is 9.59 Å². The van der Waals surface area contributed by atoms with E-state index >= 15 is 0 Å². The van der Waals surface area contributed by atoms with Gasteiger partial charge in [0.2, 0.25) is 0 Å². The summed E-state index contributed by atoms with van der Waals surface area (Å²) in [5, 5.41) is 64.1. The van der Waals surface area contributed by atoms with E-state index in [1.54, 1.807) is 65.8 Å². The Morgan fingerprint density at radius 3 is 2.08 bits per heavy atom. The number of carbonyl (C=O) groups is 2. The van der Waals surface area contributed by atoms with Gasteiger partial charge < -0.3 is 59.2 Å². The van der Waals surface area contributed by atoms with E-state index in [1.807, 2.05) is 13.8 Å². The molecule has 14 nitrogen and oxygen atoms in total. The lowest BCUT2D eigenvalue weighted by Crippen LogP contribution is -2.63. The topological polar surface area (TPSA) is 205 Å². The third kappa shape index (κ3) is 10.6. The predicted molar refractivity (Wildman–Crippen MR) is 181 cm³/mol. The highest BCUT2D eigenvalue weighted by atomic mass is 16.7. The van der Waals surface area contributed by atoms with Gasteiger partial charge >= 0.3 is 5.97 Å². The maximum absolute atomic E-state index is 13.4. The van der Waals surface area contributed by atoms with Crippen LogP contribution in [0, 0.1) is 23.7 Å². The fourth-order valence-corrected chi connectivity index (χ4v) is 7.13. The van der Waals surface area contributed by atoms with Crippen molar-refractivity contribution in [3.63, 3.8) is 0 Å². The van der Waals surface area contributed by atoms with Crippen LogP contribution < -0.4 is 0 Å². The number of aliphatic hydroxyl groups excluding tert-OH is 6. The number of cyclic esters (lactones) is 1. The number of ketones is 1. The smallest absolute Gasteiger partial charge is 0.308 e. The molecule has 0 spiro atoms. The number of likely N-dealkylation sites (N-methyl/N-ethyl adjacent to an activating group) is 1. The lowest BCUT2D eigenvalue weighted by atomic mass is 9.82. The van der Waals surface area contributed by atoms with Gasteiger partial charge in [0, 0.05) is 17.8 Å². The first-order valence-corrected chi connectivity index (χ1v) is 17.8. The molecule has 6 N–H and O–H groups in total. The molecule has 50 heavy (non-hydrogen) atoms. The third-order valence-electron chi connectivity index (χ3n) is 10.4. The Balaban J connectivity index is 1.89. The molecule has 3 aliphatic heterocycles. The highest BCUT2D eigenvalue weighted by Gasteiger charge is 2.47. The summed E-state index contributed by atoms with van der Waals surface area (Å²) in [7, 11) is 3.47. The Morgan fingerprint density at radius 1 is 0.840 bits per heavy atom. The molecule has 14 heteroatoms. The molecule has 0 radical (unpaired) electrons. The number of esters is 1. The van der Waals surface area contributed by atoms with Gasteiger partial charge in [-0.15, -0.1) is 0 Å². The third-order valence-corrected chi connectivity index (χ3v) is 10.4. The summed E-state index contributed by atoms with van der Waals surface area (Å²) in [6.45, 7) is 12.2. The molecule has 2 fully saturated rings. The summed E-state index contributed by atoms with van der Waals surface area (Å²) in [5.41, 5.74) is 0.688. The van der Waals surface area contributed by atoms with Crippen LogP contribution >= 0.6 is 0 Å². The SMILES string of the molecule is CCC1OC(=O)CC(O)C(C)C(OC2OC(C)C(O)C(N(C)C)C2O)C(C)CC(C)C(=O)C=CC(C)=CC1COC1OC(C)C(O)C(O)C1O. The second-order valence-electron chi connectivity index (χ2n) is 14.8. The maximum atomic E-state index is 13.4. The van der Waals surface area contributed by atoms with Crippen molar-refractivity contribution in [1.82, 2.24) is 4.90 Å². The van der Waals surface area contributed by atoms with Gasteiger partial charge in [0.1, 0.15) is 30.5 Å². The van der Waals surface area contributed by atoms with Crippen molar-refractivity contribution in [2.45, 2.75) is 147 Å². The summed E-state index contributed by atoms with van der Waals surface area (Å²) < 4.78 is 29.7. The van der Waals surface area contributed by atoms with Crippen molar-refractivity contribution in [2.24, 2.45) is 23.7 Å². The molecule has 17 atom stereocenters. The zero-order valence-corrected chi connectivity index (χ0v) is 30.9. The molecular weight excluding hydrogens is 654 g/mol. The largest absolute Gasteiger partial charge is 0.462 e. The molecule has 0 aromatic rings. The van der Waals surface area contributed by atoms with E-state index in [2.05, 4.69) is 0 Å². The molecule has 2 saturated heterocycles. The van der Waals surface area contributed by atoms with Crippen LogP contribution in [0.1, 0.15) is 67.7 Å². The number of hydrogen-bond acceptors (Lipinski definition) is 14. The molecule has 3 aliphatic rings. The Bertz CT molecular complexity index is 1160. The zero-order chi connectivity index (χ0) is 37.6. The highest BCUT2D eigenvalue weighted by Crippen LogP contribution is 2.33. The van der Waals surface area contributed by atoms with E-state index in [4.69, 9.17) is 23.7 Å². The first kappa shape index (κ1) is 42.6. The van der Waals surface area contributed by atoms with Gasteiger partial charge in [-0.1, -0.05) is 45.4 Å². The molecule has 288 valence electrons. The second-order valence-corrected chi connectivity index (χ2v) is 14.8. The van der Waals surface area contributed by atoms with E-state index in [1.165, 1.54) is 6.08 Å². The molecule has 3 heterocycles. The number of nitrogens with zero attached hydrogens (tertiary/aromatic N) is 1. The minimum Gasteiger partial charge on any atom is -0.462 e. The number of rotatable bonds is 7. The van der Waals surface area contributed by atoms with Crippen molar-refractivity contribution in [3.05, 3.63) is 23.8 Å². The predicted octanol–water partition coefficient (Wildman–Crippen LogP) is 0.685. The maximum Gasteiger partial charge on any atom is 0.308 e. The Morgan fingerprint density at radius 2 is 1.46 bits per heavy atom. The molecular formula is C36H61NO13. The Kier molecular flexibility index (Phi) is 16.0. The van der Waals surface area contributed by atoms with Crippen molar-refractivity contribution >= 4 is 11.8 Å². The summed E-state index contributed by atoms with van der Waals surface area (Å²) in [5.74, 6) is -2.81. The van der Waals surface area contributed by atoms with Gasteiger partial charge in [0.05, 0.1) is 49.6 Å². The Hall–Kier alpha value is -1.82. The van der Waals surface area contributed by atoms with Gasteiger partial charge in [0.15, 0.2) is 18.4 Å². The molecule has 17 unspecified atom stereocenters. The van der Waals surface area contributed by atoms with Crippen LogP contribution in [0.25, 0.3) is 0 Å². The van der Waals surface area contributed by atoms with Crippen molar-refractivity contribution in [3.8, 4) is 0 Å². The van der Waals surface area contributed by atoms with Crippen molar-refractivity contribution < 1.29 is 63.9 Å². The molecule has 0 amide bonds. The average molecular weight is 716 g/mol. The standard InChI is InChI=1S/C36H61NO13/c1-10-26-23(16-46-35-33(45)32(44)30(42)22(7)47-35)13-17(2)11-12-24(38)18(3)14-19(4)34(20(5)25(39)15-27(40)49-26)50-36-31(43)28(37(8)9)29(41)21(6)48-36/h11-13,18-23,25-26,28-36,39,41-45H,10,14-16H2,1-9H3. The summed E-state index contributed by atoms with van der Waals surface area (Å²) >= 11 is 0. The van der Waals surface area contributed by atoms with E-state index < -0.39 is 103 Å². The lowest BCUT2D eigenvalue weighted by molar-refractivity contribution is -0.303. The molecule has 0 bridgehead atoms. The number of carbonyl (C=O) groups excluding carboxylic acids is 2. The first-order valence-electron chi connectivity index (χ1n) is 17.8. The molecule has 0 saturated carbocycles. The van der Waals surface area contributed by atoms with Gasteiger partial charge in [0.25, 0.3) is 0 Å². The van der Waals surface area contributed by atoms with Crippen molar-refractivity contribution in [1.29, 1.82) is 0 Å². The van der Waals surface area contributed by atoms with Crippen LogP contribution in [0.2, 0.25) is 0 Å². The van der Waals surface area contributed by atoms with Gasteiger partial charge in [-0.05, 0) is 59.7 Å².